The van der Waals surface area contributed by atoms with Crippen LogP contribution < -0.4 is 4.90 Å². The van der Waals surface area contributed by atoms with E-state index < -0.39 is 85.1 Å². The summed E-state index contributed by atoms with van der Waals surface area (Å²) in [5.41, 5.74) is -0.179. The average Bonchev–Trinajstić information content (AvgIpc) is 3.35. The van der Waals surface area contributed by atoms with Crippen LogP contribution in [0.1, 0.15) is 27.7 Å². The summed E-state index contributed by atoms with van der Waals surface area (Å²) >= 11 is 0. The lowest BCUT2D eigenvalue weighted by atomic mass is 9.94. The van der Waals surface area contributed by atoms with Gasteiger partial charge >= 0.3 is 18.4 Å². The molecule has 0 spiro atoms. The van der Waals surface area contributed by atoms with Gasteiger partial charge in [-0.15, -0.1) is 0 Å². The van der Waals surface area contributed by atoms with E-state index in [1.165, 1.54) is 30.3 Å². The van der Waals surface area contributed by atoms with Gasteiger partial charge in [0, 0.05) is 0 Å². The minimum absolute atomic E-state index is 0.179. The van der Waals surface area contributed by atoms with Gasteiger partial charge in [-0.25, -0.2) is 9.69 Å². The zero-order valence-corrected chi connectivity index (χ0v) is 21.2. The molecule has 9 nitrogen and oxygen atoms in total. The van der Waals surface area contributed by atoms with E-state index in [0.29, 0.717) is 4.90 Å². The zero-order valence-electron chi connectivity index (χ0n) is 21.2. The van der Waals surface area contributed by atoms with Crippen molar-refractivity contribution in [2.24, 2.45) is 5.92 Å². The Morgan fingerprint density at radius 1 is 0.821 bits per heavy atom. The van der Waals surface area contributed by atoms with E-state index in [2.05, 4.69) is 0 Å². The number of urea groups is 1. The second-order valence-corrected chi connectivity index (χ2v) is 10.7. The van der Waals surface area contributed by atoms with Crippen LogP contribution in [0.5, 0.6) is 0 Å². The molecule has 0 aliphatic carbocycles. The highest BCUT2D eigenvalue weighted by molar-refractivity contribution is 6.21. The monoisotopic (exact) mass is 568 g/mol. The van der Waals surface area contributed by atoms with E-state index in [0.717, 1.165) is 0 Å². The fourth-order valence-corrected chi connectivity index (χ4v) is 5.51. The molecule has 0 saturated carbocycles. The number of alkyl halides is 6. The molecule has 0 radical (unpaired) electrons. The molecule has 39 heavy (non-hydrogen) atoms. The molecule has 216 valence electrons. The highest BCUT2D eigenvalue weighted by Gasteiger charge is 2.68. The Kier molecular flexibility index (Phi) is 6.50. The first-order chi connectivity index (χ1) is 17.9. The van der Waals surface area contributed by atoms with Gasteiger partial charge in [0.1, 0.15) is 30.5 Å². The molecule has 4 aliphatic heterocycles. The Morgan fingerprint density at radius 2 is 1.36 bits per heavy atom. The summed E-state index contributed by atoms with van der Waals surface area (Å²) in [5.74, 6) is -8.18. The van der Waals surface area contributed by atoms with Gasteiger partial charge in [0.25, 0.3) is 5.91 Å². The summed E-state index contributed by atoms with van der Waals surface area (Å²) in [5, 5.41) is 0. The minimum Gasteiger partial charge on any atom is -0.342 e. The third-order valence-electron chi connectivity index (χ3n) is 6.91. The minimum atomic E-state index is -5.90. The fourth-order valence-electron chi connectivity index (χ4n) is 5.51. The van der Waals surface area contributed by atoms with Crippen molar-refractivity contribution >= 4 is 17.6 Å². The van der Waals surface area contributed by atoms with E-state index in [1.807, 2.05) is 0 Å². The molecule has 0 unspecified atom stereocenters. The maximum atomic E-state index is 13.9. The van der Waals surface area contributed by atoms with Crippen molar-refractivity contribution in [1.29, 1.82) is 0 Å². The molecule has 4 saturated heterocycles. The molecule has 4 aliphatic rings. The lowest BCUT2D eigenvalue weighted by molar-refractivity contribution is -0.295. The summed E-state index contributed by atoms with van der Waals surface area (Å²) in [4.78, 5) is 27.2. The SMILES string of the molecule is CC1(C)O[C@H]2[C@@H](O1)[C@@H](CN1C(=O)N(c3ccccc3)C(=O)[C@H]1C(C(F)(F)F)C(F)(F)F)O[C@@H]1OC(C)(C)O[C@@H]12. The van der Waals surface area contributed by atoms with Crippen LogP contribution in [0.25, 0.3) is 0 Å². The number of anilines is 1. The van der Waals surface area contributed by atoms with Crippen molar-refractivity contribution < 1.29 is 59.6 Å². The van der Waals surface area contributed by atoms with Crippen LogP contribution in [0.4, 0.5) is 36.8 Å². The lowest BCUT2D eigenvalue weighted by Crippen LogP contribution is -2.60. The topological polar surface area (TPSA) is 86.8 Å². The van der Waals surface area contributed by atoms with E-state index in [4.69, 9.17) is 23.7 Å². The van der Waals surface area contributed by atoms with Crippen LogP contribution in [0.2, 0.25) is 0 Å². The predicted octanol–water partition coefficient (Wildman–Crippen LogP) is 3.96. The molecule has 5 rings (SSSR count). The molecule has 0 bridgehead atoms. The highest BCUT2D eigenvalue weighted by atomic mass is 19.4. The molecule has 1 aromatic carbocycles. The van der Waals surface area contributed by atoms with Crippen LogP contribution >= 0.6 is 0 Å². The van der Waals surface area contributed by atoms with Gasteiger partial charge in [0.05, 0.1) is 12.2 Å². The van der Waals surface area contributed by atoms with Gasteiger partial charge < -0.3 is 28.6 Å². The number of hydrogen-bond donors (Lipinski definition) is 0. The third-order valence-corrected chi connectivity index (χ3v) is 6.91. The number of halogens is 6. The predicted molar refractivity (Wildman–Crippen MR) is 118 cm³/mol. The van der Waals surface area contributed by atoms with E-state index in [1.54, 1.807) is 27.7 Å². The molecule has 3 amide bonds. The maximum absolute atomic E-state index is 13.9. The normalized spacial score (nSPS) is 34.1. The molecule has 4 heterocycles. The number of para-hydroxylation sites is 1. The summed E-state index contributed by atoms with van der Waals surface area (Å²) in [7, 11) is 0. The lowest BCUT2D eigenvalue weighted by Gasteiger charge is -2.40. The van der Waals surface area contributed by atoms with Crippen LogP contribution in [0, 0.1) is 5.92 Å². The number of hydrogen-bond acceptors (Lipinski definition) is 7. The number of carbonyl (C=O) groups is 2. The second-order valence-electron chi connectivity index (χ2n) is 10.7. The molecule has 4 fully saturated rings. The number of carbonyl (C=O) groups excluding carboxylic acids is 2. The summed E-state index contributed by atoms with van der Waals surface area (Å²) in [6.45, 7) is 5.45. The zero-order chi connectivity index (χ0) is 28.7. The van der Waals surface area contributed by atoms with Gasteiger partial charge in [-0.3, -0.25) is 4.79 Å². The number of fused-ring (bicyclic) bond motifs is 3. The largest absolute Gasteiger partial charge is 0.403 e. The number of rotatable bonds is 4. The van der Waals surface area contributed by atoms with Crippen molar-refractivity contribution in [1.82, 2.24) is 4.90 Å². The number of ether oxygens (including phenoxy) is 5. The molecule has 0 aromatic heterocycles. The molecule has 15 heteroatoms. The van der Waals surface area contributed by atoms with Crippen molar-refractivity contribution in [3.05, 3.63) is 30.3 Å². The molecule has 6 atom stereocenters. The van der Waals surface area contributed by atoms with Crippen LogP contribution in [0.3, 0.4) is 0 Å². The average molecular weight is 568 g/mol. The van der Waals surface area contributed by atoms with Gasteiger partial charge in [0.2, 0.25) is 0 Å². The highest BCUT2D eigenvalue weighted by Crippen LogP contribution is 2.48. The number of nitrogens with zero attached hydrogens (tertiary/aromatic N) is 2. The summed E-state index contributed by atoms with van der Waals surface area (Å²) in [6, 6.07) is 2.44. The summed E-state index contributed by atoms with van der Waals surface area (Å²) in [6.07, 6.45) is -17.0. The quantitative estimate of drug-likeness (QED) is 0.402. The standard InChI is InChI=1S/C24H26F6N2O7/c1-21(2)36-14-12(35-19-16(15(14)37-21)38-22(3,4)39-19)10-31-13(17(23(25,26)27)24(28,29)30)18(33)32(20(31)34)11-8-6-5-7-9-11/h5-9,12-17,19H,10H2,1-4H3/t12-,13-,14+,15+,16-,19-/m1/s1. The van der Waals surface area contributed by atoms with Gasteiger partial charge in [0.15, 0.2) is 23.8 Å². The Bertz CT molecular complexity index is 1110. The Morgan fingerprint density at radius 3 is 1.95 bits per heavy atom. The Labute approximate surface area is 218 Å². The first-order valence-electron chi connectivity index (χ1n) is 12.1. The third kappa shape index (κ3) is 4.99. The Balaban J connectivity index is 1.54. The first kappa shape index (κ1) is 28.1. The van der Waals surface area contributed by atoms with E-state index in [9.17, 15) is 35.9 Å². The molecule has 1 aromatic rings. The molecule has 0 N–H and O–H groups in total. The smallest absolute Gasteiger partial charge is 0.342 e. The van der Waals surface area contributed by atoms with Crippen LogP contribution in [-0.4, -0.2) is 84.1 Å². The van der Waals surface area contributed by atoms with Crippen molar-refractivity contribution in [3.8, 4) is 0 Å². The van der Waals surface area contributed by atoms with Gasteiger partial charge in [-0.1, -0.05) is 18.2 Å². The fraction of sp³-hybridized carbons (Fsp3) is 0.667. The molecular formula is C24H26F6N2O7. The van der Waals surface area contributed by atoms with E-state index in [-0.39, 0.29) is 10.6 Å². The van der Waals surface area contributed by atoms with Crippen molar-refractivity contribution in [3.63, 3.8) is 0 Å². The van der Waals surface area contributed by atoms with Crippen molar-refractivity contribution in [2.75, 3.05) is 11.4 Å². The summed E-state index contributed by atoms with van der Waals surface area (Å²) < 4.78 is 113. The van der Waals surface area contributed by atoms with Gasteiger partial charge in [-0.2, -0.15) is 26.3 Å². The Hall–Kier alpha value is -2.46. The number of imide groups is 1. The second kappa shape index (κ2) is 9.03. The van der Waals surface area contributed by atoms with Crippen LogP contribution in [-0.2, 0) is 28.5 Å². The van der Waals surface area contributed by atoms with E-state index >= 15 is 0 Å². The van der Waals surface area contributed by atoms with Crippen LogP contribution in [0.15, 0.2) is 30.3 Å². The molecular weight excluding hydrogens is 542 g/mol. The van der Waals surface area contributed by atoms with Crippen molar-refractivity contribution in [2.45, 2.75) is 88.4 Å². The number of amides is 3. The van der Waals surface area contributed by atoms with Gasteiger partial charge in [-0.05, 0) is 39.8 Å². The first-order valence-corrected chi connectivity index (χ1v) is 12.1. The number of benzene rings is 1. The maximum Gasteiger partial charge on any atom is 0.403 e.